The lowest BCUT2D eigenvalue weighted by atomic mass is 10.1. The Labute approximate surface area is 234 Å². The predicted molar refractivity (Wildman–Crippen MR) is 156 cm³/mol. The van der Waals surface area contributed by atoms with Crippen molar-refractivity contribution in [3.05, 3.63) is 53.5 Å². The molecule has 10 nitrogen and oxygen atoms in total. The predicted octanol–water partition coefficient (Wildman–Crippen LogP) is 5.26. The number of nitrogens with zero attached hydrogens (tertiary/aromatic N) is 5. The molecule has 1 aliphatic rings. The van der Waals surface area contributed by atoms with Crippen LogP contribution in [0.1, 0.15) is 28.0 Å². The van der Waals surface area contributed by atoms with Gasteiger partial charge in [-0.15, -0.1) is 0 Å². The van der Waals surface area contributed by atoms with Gasteiger partial charge in [0, 0.05) is 39.1 Å². The molecule has 0 N–H and O–H groups in total. The zero-order chi connectivity index (χ0) is 28.3. The molecule has 0 unspecified atom stereocenters. The van der Waals surface area contributed by atoms with E-state index in [1.807, 2.05) is 42.2 Å². The number of carbonyl (C=O) groups excluding carboxylic acids is 1. The summed E-state index contributed by atoms with van der Waals surface area (Å²) < 4.78 is 26.7. The van der Waals surface area contributed by atoms with Gasteiger partial charge in [0.15, 0.2) is 0 Å². The van der Waals surface area contributed by atoms with Crippen LogP contribution in [-0.4, -0.2) is 65.5 Å². The number of esters is 1. The summed E-state index contributed by atoms with van der Waals surface area (Å²) >= 11 is 0. The van der Waals surface area contributed by atoms with Crippen LogP contribution in [-0.2, 0) is 23.3 Å². The Morgan fingerprint density at radius 1 is 1.10 bits per heavy atom. The molecule has 0 fully saturated rings. The minimum absolute atomic E-state index is 0.333. The lowest BCUT2D eigenvalue weighted by molar-refractivity contribution is 0.0600. The van der Waals surface area contributed by atoms with Gasteiger partial charge in [0.25, 0.3) is 0 Å². The lowest BCUT2D eigenvalue weighted by Crippen LogP contribution is -2.22. The van der Waals surface area contributed by atoms with E-state index in [1.54, 1.807) is 23.0 Å². The fourth-order valence-corrected chi connectivity index (χ4v) is 5.15. The van der Waals surface area contributed by atoms with E-state index in [0.717, 1.165) is 39.5 Å². The Morgan fingerprint density at radius 3 is 2.73 bits per heavy atom. The van der Waals surface area contributed by atoms with Crippen LogP contribution in [0.2, 0.25) is 25.7 Å². The molecular weight excluding hydrogens is 526 g/mol. The number of carbonyl (C=O) groups is 1. The summed E-state index contributed by atoms with van der Waals surface area (Å²) in [6.07, 6.45) is 8.12. The molecule has 0 atom stereocenters. The number of rotatable bonds is 6. The largest absolute Gasteiger partial charge is 0.493 e. The summed E-state index contributed by atoms with van der Waals surface area (Å²) in [4.78, 5) is 16.9. The van der Waals surface area contributed by atoms with E-state index < -0.39 is 14.0 Å². The van der Waals surface area contributed by atoms with Gasteiger partial charge in [-0.1, -0.05) is 25.7 Å². The molecule has 40 heavy (non-hydrogen) atoms. The molecule has 210 valence electrons. The van der Waals surface area contributed by atoms with Crippen molar-refractivity contribution in [2.24, 2.45) is 7.05 Å². The molecule has 0 spiro atoms. The van der Waals surface area contributed by atoms with E-state index in [4.69, 9.17) is 29.0 Å². The number of methoxy groups -OCH3 is 1. The number of aryl methyl sites for hydroxylation is 1. The first kappa shape index (κ1) is 27.6. The first-order chi connectivity index (χ1) is 19.2. The summed E-state index contributed by atoms with van der Waals surface area (Å²) in [5.41, 5.74) is 4.42. The van der Waals surface area contributed by atoms with Crippen molar-refractivity contribution in [3.8, 4) is 22.9 Å². The Hall–Kier alpha value is -3.96. The summed E-state index contributed by atoms with van der Waals surface area (Å²) in [6.45, 7) is 8.85. The average Bonchev–Trinajstić information content (AvgIpc) is 3.47. The third-order valence-electron chi connectivity index (χ3n) is 6.68. The number of fused-ring (bicyclic) bond motifs is 4. The van der Waals surface area contributed by atoms with Gasteiger partial charge in [0.1, 0.15) is 12.5 Å². The van der Waals surface area contributed by atoms with Crippen molar-refractivity contribution in [1.82, 2.24) is 24.5 Å². The molecule has 4 heterocycles. The maximum Gasteiger partial charge on any atom is 0.337 e. The highest BCUT2D eigenvalue weighted by atomic mass is 28.3. The van der Waals surface area contributed by atoms with Gasteiger partial charge in [-0.25, -0.2) is 14.2 Å². The molecule has 0 amide bonds. The molecule has 2 bridgehead atoms. The molecule has 0 aliphatic carbocycles. The fraction of sp³-hybridized carbons (Fsp3) is 0.379. The van der Waals surface area contributed by atoms with Crippen molar-refractivity contribution in [2.45, 2.75) is 38.8 Å². The Bertz CT molecular complexity index is 1550. The standard InChI is InChI=1S/C29H35N5O5Si/c1-33-28-23(17-31-33)25-16-22-24(32-34(26(22)18-30-25)19-37-13-14-40(3,4)5)10-9-20-7-8-21(29(35)36-2)15-27(20)38-11-6-12-39-28/h7-10,15-18H,6,11-14,19H2,1-5H3. The van der Waals surface area contributed by atoms with E-state index in [0.29, 0.717) is 50.2 Å². The third-order valence-corrected chi connectivity index (χ3v) is 8.38. The highest BCUT2D eigenvalue weighted by molar-refractivity contribution is 6.76. The molecule has 1 aromatic carbocycles. The van der Waals surface area contributed by atoms with Gasteiger partial charge in [-0.05, 0) is 36.4 Å². The summed E-state index contributed by atoms with van der Waals surface area (Å²) in [5.74, 6) is 0.794. The van der Waals surface area contributed by atoms with Crippen LogP contribution in [0.15, 0.2) is 36.7 Å². The number of benzene rings is 1. The van der Waals surface area contributed by atoms with Gasteiger partial charge in [-0.3, -0.25) is 4.98 Å². The molecule has 3 aromatic heterocycles. The second kappa shape index (κ2) is 11.6. The van der Waals surface area contributed by atoms with Crippen LogP contribution >= 0.6 is 0 Å². The van der Waals surface area contributed by atoms with Gasteiger partial charge < -0.3 is 18.9 Å². The van der Waals surface area contributed by atoms with Crippen LogP contribution in [0.4, 0.5) is 0 Å². The molecule has 5 rings (SSSR count). The maximum absolute atomic E-state index is 12.2. The Balaban J connectivity index is 1.57. The van der Waals surface area contributed by atoms with Crippen molar-refractivity contribution in [2.75, 3.05) is 26.9 Å². The zero-order valence-corrected chi connectivity index (χ0v) is 24.6. The van der Waals surface area contributed by atoms with Crippen molar-refractivity contribution in [1.29, 1.82) is 0 Å². The molecule has 11 heteroatoms. The minimum Gasteiger partial charge on any atom is -0.493 e. The average molecular weight is 562 g/mol. The van der Waals surface area contributed by atoms with Crippen molar-refractivity contribution < 1.29 is 23.7 Å². The first-order valence-electron chi connectivity index (χ1n) is 13.4. The summed E-state index contributed by atoms with van der Waals surface area (Å²) in [7, 11) is 2.00. The smallest absolute Gasteiger partial charge is 0.337 e. The van der Waals surface area contributed by atoms with Gasteiger partial charge in [0.05, 0.1) is 60.7 Å². The molecule has 0 saturated carbocycles. The van der Waals surface area contributed by atoms with E-state index >= 15 is 0 Å². The maximum atomic E-state index is 12.2. The second-order valence-electron chi connectivity index (χ2n) is 10.9. The molecule has 1 aliphatic heterocycles. The Morgan fingerprint density at radius 2 is 1.93 bits per heavy atom. The number of hydrogen-bond acceptors (Lipinski definition) is 8. The van der Waals surface area contributed by atoms with Crippen LogP contribution < -0.4 is 9.47 Å². The molecule has 4 aromatic rings. The normalized spacial score (nSPS) is 13.6. The van der Waals surface area contributed by atoms with Crippen LogP contribution in [0.3, 0.4) is 0 Å². The lowest BCUT2D eigenvalue weighted by Gasteiger charge is -2.15. The van der Waals surface area contributed by atoms with E-state index in [-0.39, 0.29) is 0 Å². The SMILES string of the molecule is COC(=O)c1ccc2c(c1)OCCCOc1c(cnn1C)-c1cc3c(nn(COCC[Si](C)(C)C)c3cn1)C=C2. The Kier molecular flexibility index (Phi) is 8.04. The highest BCUT2D eigenvalue weighted by Gasteiger charge is 2.18. The highest BCUT2D eigenvalue weighted by Crippen LogP contribution is 2.32. The second-order valence-corrected chi connectivity index (χ2v) is 16.6. The monoisotopic (exact) mass is 561 g/mol. The minimum atomic E-state index is -1.21. The summed E-state index contributed by atoms with van der Waals surface area (Å²) in [6, 6.07) is 8.37. The quantitative estimate of drug-likeness (QED) is 0.178. The zero-order valence-electron chi connectivity index (χ0n) is 23.6. The van der Waals surface area contributed by atoms with Gasteiger partial charge in [-0.2, -0.15) is 10.2 Å². The van der Waals surface area contributed by atoms with Crippen molar-refractivity contribution >= 4 is 37.1 Å². The van der Waals surface area contributed by atoms with Gasteiger partial charge in [0.2, 0.25) is 5.88 Å². The first-order valence-corrected chi connectivity index (χ1v) is 17.1. The van der Waals surface area contributed by atoms with Gasteiger partial charge >= 0.3 is 5.97 Å². The van der Waals surface area contributed by atoms with E-state index in [1.165, 1.54) is 7.11 Å². The fourth-order valence-electron chi connectivity index (χ4n) is 4.39. The van der Waals surface area contributed by atoms with E-state index in [2.05, 4.69) is 24.7 Å². The number of hydrogen-bond donors (Lipinski definition) is 0. The van der Waals surface area contributed by atoms with E-state index in [9.17, 15) is 4.79 Å². The topological polar surface area (TPSA) is 103 Å². The van der Waals surface area contributed by atoms with Crippen LogP contribution in [0.25, 0.3) is 34.3 Å². The molecular formula is C29H35N5O5Si. The third kappa shape index (κ3) is 6.10. The number of aromatic nitrogens is 5. The number of ether oxygens (including phenoxy) is 4. The summed E-state index contributed by atoms with van der Waals surface area (Å²) in [5, 5.41) is 10.2. The molecule has 0 radical (unpaired) electrons. The number of pyridine rings is 1. The molecule has 0 saturated heterocycles. The van der Waals surface area contributed by atoms with Crippen molar-refractivity contribution in [3.63, 3.8) is 0 Å². The van der Waals surface area contributed by atoms with Crippen LogP contribution in [0.5, 0.6) is 11.6 Å². The van der Waals surface area contributed by atoms with Crippen LogP contribution in [0, 0.1) is 0 Å².